The van der Waals surface area contributed by atoms with E-state index in [9.17, 15) is 0 Å². The minimum absolute atomic E-state index is 1.15. The monoisotopic (exact) mass is 725 g/mol. The van der Waals surface area contributed by atoms with Crippen molar-refractivity contribution in [3.05, 3.63) is 212 Å². The minimum atomic E-state index is 1.15. The molecule has 3 aromatic heterocycles. The predicted molar refractivity (Wildman–Crippen MR) is 240 cm³/mol. The van der Waals surface area contributed by atoms with Gasteiger partial charge in [0.25, 0.3) is 0 Å². The number of para-hydroxylation sites is 6. The Morgan fingerprint density at radius 3 is 1.28 bits per heavy atom. The second-order valence-electron chi connectivity index (χ2n) is 14.9. The number of hydrogen-bond donors (Lipinski definition) is 0. The fourth-order valence-electron chi connectivity index (χ4n) is 9.38. The van der Waals surface area contributed by atoms with Crippen LogP contribution in [0.25, 0.3) is 105 Å². The molecule has 0 spiro atoms. The van der Waals surface area contributed by atoms with Crippen molar-refractivity contribution >= 4 is 65.4 Å². The van der Waals surface area contributed by atoms with Gasteiger partial charge in [-0.05, 0) is 83.4 Å². The highest BCUT2D eigenvalue weighted by Gasteiger charge is 2.24. The molecule has 3 heteroatoms. The first-order valence-electron chi connectivity index (χ1n) is 19.6. The van der Waals surface area contributed by atoms with Crippen molar-refractivity contribution in [1.29, 1.82) is 0 Å². The molecule has 57 heavy (non-hydrogen) atoms. The molecule has 12 rings (SSSR count). The molecule has 0 fully saturated rings. The standard InChI is InChI=1S/C54H35N3/c1-4-16-39(17-5-1)55-47-25-13-10-22-42(47)43-33-32-38(34-50(43)55)36-28-30-37(31-29-36)46-35-51-52(44-23-11-14-26-48(44)56(51)40-18-6-2-7-19-40)53-45-24-12-15-27-49(45)57(54(46)53)41-20-8-3-9-21-41/h1-35H. The summed E-state index contributed by atoms with van der Waals surface area (Å²) in [5.41, 5.74) is 15.4. The second kappa shape index (κ2) is 12.5. The van der Waals surface area contributed by atoms with E-state index in [2.05, 4.69) is 226 Å². The molecule has 0 unspecified atom stereocenters. The van der Waals surface area contributed by atoms with Gasteiger partial charge in [0.05, 0.1) is 33.1 Å². The Kier molecular flexibility index (Phi) is 6.93. The molecule has 0 saturated heterocycles. The Hall–Kier alpha value is -7.62. The van der Waals surface area contributed by atoms with Crippen LogP contribution in [0.15, 0.2) is 212 Å². The molecule has 12 aromatic rings. The molecule has 266 valence electrons. The zero-order chi connectivity index (χ0) is 37.5. The van der Waals surface area contributed by atoms with E-state index < -0.39 is 0 Å². The summed E-state index contributed by atoms with van der Waals surface area (Å²) in [5.74, 6) is 0. The number of benzene rings is 9. The number of nitrogens with zero attached hydrogens (tertiary/aromatic N) is 3. The fourth-order valence-corrected chi connectivity index (χ4v) is 9.38. The number of rotatable bonds is 5. The summed E-state index contributed by atoms with van der Waals surface area (Å²) in [5, 5.41) is 7.57. The molecule has 3 heterocycles. The average molecular weight is 726 g/mol. The maximum absolute atomic E-state index is 2.47. The van der Waals surface area contributed by atoms with Crippen LogP contribution < -0.4 is 0 Å². The van der Waals surface area contributed by atoms with Crippen LogP contribution in [0.3, 0.4) is 0 Å². The Morgan fingerprint density at radius 2 is 0.667 bits per heavy atom. The summed E-state index contributed by atoms with van der Waals surface area (Å²) in [6.45, 7) is 0. The van der Waals surface area contributed by atoms with Gasteiger partial charge in [-0.3, -0.25) is 0 Å². The first kappa shape index (κ1) is 31.7. The summed E-state index contributed by atoms with van der Waals surface area (Å²) >= 11 is 0. The third kappa shape index (κ3) is 4.73. The quantitative estimate of drug-likeness (QED) is 0.168. The van der Waals surface area contributed by atoms with Crippen LogP contribution in [0.1, 0.15) is 0 Å². The van der Waals surface area contributed by atoms with E-state index >= 15 is 0 Å². The van der Waals surface area contributed by atoms with Gasteiger partial charge in [0.2, 0.25) is 0 Å². The van der Waals surface area contributed by atoms with E-state index in [1.807, 2.05) is 0 Å². The number of aromatic nitrogens is 3. The molecule has 0 atom stereocenters. The molecule has 0 aliphatic carbocycles. The first-order valence-corrected chi connectivity index (χ1v) is 19.6. The summed E-state index contributed by atoms with van der Waals surface area (Å²) in [4.78, 5) is 0. The molecule has 0 radical (unpaired) electrons. The SMILES string of the molecule is c1ccc(-n2c3ccccc3c3ccc(-c4ccc(-c5cc6c(c7ccccc7n6-c6ccccc6)c6c7ccccc7n(-c7ccccc7)c56)cc4)cc32)cc1. The lowest BCUT2D eigenvalue weighted by Gasteiger charge is -2.14. The summed E-state index contributed by atoms with van der Waals surface area (Å²) in [7, 11) is 0. The maximum Gasteiger partial charge on any atom is 0.0627 e. The van der Waals surface area contributed by atoms with Gasteiger partial charge in [-0.1, -0.05) is 146 Å². The van der Waals surface area contributed by atoms with Crippen LogP contribution in [-0.4, -0.2) is 13.7 Å². The van der Waals surface area contributed by atoms with E-state index in [1.165, 1.54) is 87.7 Å². The Labute approximate surface area is 329 Å². The second-order valence-corrected chi connectivity index (χ2v) is 14.9. The fraction of sp³-hybridized carbons (Fsp3) is 0. The van der Waals surface area contributed by atoms with E-state index in [-0.39, 0.29) is 0 Å². The molecule has 0 bridgehead atoms. The zero-order valence-corrected chi connectivity index (χ0v) is 31.0. The molecule has 0 aliphatic heterocycles. The van der Waals surface area contributed by atoms with Gasteiger partial charge >= 0.3 is 0 Å². The lowest BCUT2D eigenvalue weighted by Crippen LogP contribution is -1.97. The van der Waals surface area contributed by atoms with Gasteiger partial charge in [0.15, 0.2) is 0 Å². The molecule has 0 aliphatic rings. The number of fused-ring (bicyclic) bond motifs is 10. The molecule has 0 amide bonds. The summed E-state index contributed by atoms with van der Waals surface area (Å²) in [6, 6.07) is 77.3. The van der Waals surface area contributed by atoms with Crippen LogP contribution in [-0.2, 0) is 0 Å². The van der Waals surface area contributed by atoms with Crippen LogP contribution >= 0.6 is 0 Å². The topological polar surface area (TPSA) is 14.8 Å². The third-order valence-electron chi connectivity index (χ3n) is 11.8. The molecule has 9 aromatic carbocycles. The first-order chi connectivity index (χ1) is 28.3. The predicted octanol–water partition coefficient (Wildman–Crippen LogP) is 14.3. The molecule has 0 N–H and O–H groups in total. The smallest absolute Gasteiger partial charge is 0.0627 e. The van der Waals surface area contributed by atoms with Gasteiger partial charge in [0.1, 0.15) is 0 Å². The van der Waals surface area contributed by atoms with Crippen molar-refractivity contribution in [3.8, 4) is 39.3 Å². The summed E-state index contributed by atoms with van der Waals surface area (Å²) in [6.07, 6.45) is 0. The molecular formula is C54H35N3. The lowest BCUT2D eigenvalue weighted by atomic mass is 9.95. The van der Waals surface area contributed by atoms with Crippen LogP contribution in [0.2, 0.25) is 0 Å². The Balaban J connectivity index is 1.13. The van der Waals surface area contributed by atoms with Crippen molar-refractivity contribution in [2.45, 2.75) is 0 Å². The van der Waals surface area contributed by atoms with Crippen molar-refractivity contribution in [1.82, 2.24) is 13.7 Å². The minimum Gasteiger partial charge on any atom is -0.309 e. The van der Waals surface area contributed by atoms with Gasteiger partial charge in [-0.25, -0.2) is 0 Å². The Bertz CT molecular complexity index is 3480. The summed E-state index contributed by atoms with van der Waals surface area (Å²) < 4.78 is 7.30. The average Bonchev–Trinajstić information content (AvgIpc) is 3.92. The van der Waals surface area contributed by atoms with E-state index in [1.54, 1.807) is 0 Å². The molecular weight excluding hydrogens is 691 g/mol. The maximum atomic E-state index is 2.47. The van der Waals surface area contributed by atoms with Crippen molar-refractivity contribution < 1.29 is 0 Å². The highest BCUT2D eigenvalue weighted by atomic mass is 15.0. The Morgan fingerprint density at radius 1 is 0.246 bits per heavy atom. The van der Waals surface area contributed by atoms with E-state index in [4.69, 9.17) is 0 Å². The van der Waals surface area contributed by atoms with Gasteiger partial charge < -0.3 is 13.7 Å². The third-order valence-corrected chi connectivity index (χ3v) is 11.8. The van der Waals surface area contributed by atoms with Crippen LogP contribution in [0.4, 0.5) is 0 Å². The van der Waals surface area contributed by atoms with Crippen LogP contribution in [0.5, 0.6) is 0 Å². The van der Waals surface area contributed by atoms with Gasteiger partial charge in [-0.2, -0.15) is 0 Å². The van der Waals surface area contributed by atoms with Gasteiger partial charge in [-0.15, -0.1) is 0 Å². The van der Waals surface area contributed by atoms with Crippen molar-refractivity contribution in [2.24, 2.45) is 0 Å². The largest absolute Gasteiger partial charge is 0.309 e. The highest BCUT2D eigenvalue weighted by Crippen LogP contribution is 2.47. The molecule has 3 nitrogen and oxygen atoms in total. The number of hydrogen-bond acceptors (Lipinski definition) is 0. The lowest BCUT2D eigenvalue weighted by molar-refractivity contribution is 1.17. The molecule has 0 saturated carbocycles. The van der Waals surface area contributed by atoms with Crippen LogP contribution in [0, 0.1) is 0 Å². The van der Waals surface area contributed by atoms with Gasteiger partial charge in [0, 0.05) is 54.9 Å². The van der Waals surface area contributed by atoms with Crippen molar-refractivity contribution in [3.63, 3.8) is 0 Å². The van der Waals surface area contributed by atoms with E-state index in [0.717, 1.165) is 17.1 Å². The highest BCUT2D eigenvalue weighted by molar-refractivity contribution is 6.31. The van der Waals surface area contributed by atoms with E-state index in [0.29, 0.717) is 0 Å². The van der Waals surface area contributed by atoms with Crippen molar-refractivity contribution in [2.75, 3.05) is 0 Å². The zero-order valence-electron chi connectivity index (χ0n) is 31.0. The normalized spacial score (nSPS) is 11.9.